The van der Waals surface area contributed by atoms with Crippen LogP contribution in [-0.2, 0) is 13.0 Å². The Kier molecular flexibility index (Phi) is 8.64. The topological polar surface area (TPSA) is 119 Å². The Morgan fingerprint density at radius 1 is 0.944 bits per heavy atom. The summed E-state index contributed by atoms with van der Waals surface area (Å²) in [6.07, 6.45) is 2.43. The Balaban J connectivity index is 2.04. The highest BCUT2D eigenvalue weighted by Crippen LogP contribution is 2.25. The number of carboxylic acids is 2. The second-order valence-electron chi connectivity index (χ2n) is 9.28. The molecule has 0 unspecified atom stereocenters. The molecule has 0 saturated carbocycles. The molecule has 0 fully saturated rings. The summed E-state index contributed by atoms with van der Waals surface area (Å²) in [7, 11) is 0. The predicted molar refractivity (Wildman–Crippen MR) is 137 cm³/mol. The van der Waals surface area contributed by atoms with Gasteiger partial charge in [0.25, 0.3) is 0 Å². The van der Waals surface area contributed by atoms with Gasteiger partial charge in [0.2, 0.25) is 5.91 Å². The Morgan fingerprint density at radius 2 is 1.61 bits per heavy atom. The van der Waals surface area contributed by atoms with E-state index in [2.05, 4.69) is 0 Å². The second-order valence-corrected chi connectivity index (χ2v) is 9.28. The molecule has 8 nitrogen and oxygen atoms in total. The van der Waals surface area contributed by atoms with Crippen molar-refractivity contribution in [3.05, 3.63) is 81.5 Å². The van der Waals surface area contributed by atoms with Crippen molar-refractivity contribution in [2.45, 2.75) is 59.4 Å². The number of rotatable bonds is 11. The van der Waals surface area contributed by atoms with Crippen molar-refractivity contribution >= 4 is 17.8 Å². The van der Waals surface area contributed by atoms with Crippen LogP contribution in [0.25, 0.3) is 11.1 Å². The van der Waals surface area contributed by atoms with Gasteiger partial charge in [0.1, 0.15) is 0 Å². The van der Waals surface area contributed by atoms with Crippen LogP contribution in [-0.4, -0.2) is 37.2 Å². The first-order valence-corrected chi connectivity index (χ1v) is 12.2. The van der Waals surface area contributed by atoms with Gasteiger partial charge in [0.05, 0.1) is 17.8 Å². The predicted octanol–water partition coefficient (Wildman–Crippen LogP) is 5.18. The number of carboxylic acid groups (broad SMARTS) is 2. The van der Waals surface area contributed by atoms with Crippen LogP contribution in [0.2, 0.25) is 0 Å². The zero-order chi connectivity index (χ0) is 26.4. The minimum atomic E-state index is -1.30. The smallest absolute Gasteiger partial charge is 0.354 e. The standard InChI is InChI=1S/C28H32N2O6/c1-4-5-10-24(31)30-25(27(34)35)23(16-11-18(2)3)29(28(30)36)17-19-12-14-20(15-13-19)21-8-6-7-9-22(21)26(32)33/h6-9,12-15,18H,4-5,10-11,16-17H2,1-3H3,(H,32,33)(H,34,35). The van der Waals surface area contributed by atoms with Crippen molar-refractivity contribution in [1.29, 1.82) is 0 Å². The molecule has 3 aromatic rings. The van der Waals surface area contributed by atoms with Gasteiger partial charge < -0.3 is 10.2 Å². The van der Waals surface area contributed by atoms with E-state index in [1.165, 1.54) is 10.6 Å². The summed E-state index contributed by atoms with van der Waals surface area (Å²) in [6.45, 7) is 6.05. The third-order valence-corrected chi connectivity index (χ3v) is 6.16. The van der Waals surface area contributed by atoms with Crippen LogP contribution >= 0.6 is 0 Å². The minimum Gasteiger partial charge on any atom is -0.478 e. The summed E-state index contributed by atoms with van der Waals surface area (Å²) in [5, 5.41) is 19.4. The van der Waals surface area contributed by atoms with E-state index in [0.717, 1.165) is 16.6 Å². The van der Waals surface area contributed by atoms with E-state index in [0.29, 0.717) is 36.1 Å². The number of carbonyl (C=O) groups is 3. The lowest BCUT2D eigenvalue weighted by atomic mass is 9.98. The number of aromatic nitrogens is 2. The van der Waals surface area contributed by atoms with Gasteiger partial charge in [-0.1, -0.05) is 69.7 Å². The third kappa shape index (κ3) is 5.82. The van der Waals surface area contributed by atoms with Gasteiger partial charge in [-0.15, -0.1) is 0 Å². The van der Waals surface area contributed by atoms with Crippen molar-refractivity contribution in [3.63, 3.8) is 0 Å². The molecule has 1 aromatic heterocycles. The summed E-state index contributed by atoms with van der Waals surface area (Å²) in [5.74, 6) is -2.55. The molecule has 0 aliphatic carbocycles. The lowest BCUT2D eigenvalue weighted by Gasteiger charge is -2.11. The van der Waals surface area contributed by atoms with Crippen molar-refractivity contribution < 1.29 is 24.6 Å². The molecule has 3 rings (SSSR count). The molecular formula is C28H32N2O6. The number of nitrogens with zero attached hydrogens (tertiary/aromatic N) is 2. The average Bonchev–Trinajstić information content (AvgIpc) is 3.13. The fourth-order valence-electron chi connectivity index (χ4n) is 4.21. The van der Waals surface area contributed by atoms with E-state index in [1.54, 1.807) is 42.5 Å². The fourth-order valence-corrected chi connectivity index (χ4v) is 4.21. The number of benzene rings is 2. The Bertz CT molecular complexity index is 1310. The number of aromatic carboxylic acids is 2. The first-order chi connectivity index (χ1) is 17.1. The zero-order valence-corrected chi connectivity index (χ0v) is 20.9. The van der Waals surface area contributed by atoms with Crippen LogP contribution in [0.4, 0.5) is 0 Å². The first kappa shape index (κ1) is 26.7. The number of carbonyl (C=O) groups excluding carboxylic acids is 1. The molecule has 8 heteroatoms. The SMILES string of the molecule is CCCCC(=O)n1c(C(=O)O)c(CCC(C)C)n(Cc2ccc(-c3ccccc3C(=O)O)cc2)c1=O. The second kappa shape index (κ2) is 11.7. The molecule has 0 bridgehead atoms. The molecule has 0 amide bonds. The van der Waals surface area contributed by atoms with Crippen LogP contribution in [0.5, 0.6) is 0 Å². The highest BCUT2D eigenvalue weighted by molar-refractivity contribution is 5.96. The molecule has 36 heavy (non-hydrogen) atoms. The summed E-state index contributed by atoms with van der Waals surface area (Å²) in [4.78, 5) is 50.0. The van der Waals surface area contributed by atoms with Gasteiger partial charge in [-0.25, -0.2) is 19.0 Å². The van der Waals surface area contributed by atoms with Crippen molar-refractivity contribution in [1.82, 2.24) is 9.13 Å². The molecule has 0 atom stereocenters. The van der Waals surface area contributed by atoms with E-state index >= 15 is 0 Å². The molecular weight excluding hydrogens is 460 g/mol. The van der Waals surface area contributed by atoms with E-state index in [4.69, 9.17) is 0 Å². The van der Waals surface area contributed by atoms with Gasteiger partial charge in [-0.2, -0.15) is 0 Å². The first-order valence-electron chi connectivity index (χ1n) is 12.2. The van der Waals surface area contributed by atoms with Crippen molar-refractivity contribution in [2.24, 2.45) is 5.92 Å². The Morgan fingerprint density at radius 3 is 2.19 bits per heavy atom. The lowest BCUT2D eigenvalue weighted by molar-refractivity contribution is 0.0667. The number of imidazole rings is 1. The Labute approximate surface area is 209 Å². The van der Waals surface area contributed by atoms with E-state index in [9.17, 15) is 29.4 Å². The molecule has 0 aliphatic rings. The fraction of sp³-hybridized carbons (Fsp3) is 0.357. The summed E-state index contributed by atoms with van der Waals surface area (Å²) in [6, 6.07) is 13.8. The van der Waals surface area contributed by atoms with Gasteiger partial charge in [-0.3, -0.25) is 9.36 Å². The normalized spacial score (nSPS) is 11.1. The molecule has 0 spiro atoms. The van der Waals surface area contributed by atoms with Crippen LogP contribution < -0.4 is 5.69 Å². The van der Waals surface area contributed by atoms with E-state index < -0.39 is 23.5 Å². The van der Waals surface area contributed by atoms with Crippen LogP contribution in [0.1, 0.15) is 83.4 Å². The molecule has 2 N–H and O–H groups in total. The maximum Gasteiger partial charge on any atom is 0.354 e. The number of unbranched alkanes of at least 4 members (excludes halogenated alkanes) is 1. The van der Waals surface area contributed by atoms with Gasteiger partial charge in [0, 0.05) is 6.42 Å². The molecule has 2 aromatic carbocycles. The lowest BCUT2D eigenvalue weighted by Crippen LogP contribution is -2.31. The molecule has 0 saturated heterocycles. The highest BCUT2D eigenvalue weighted by Gasteiger charge is 2.28. The quantitative estimate of drug-likeness (QED) is 0.381. The highest BCUT2D eigenvalue weighted by atomic mass is 16.4. The van der Waals surface area contributed by atoms with Crippen LogP contribution in [0.3, 0.4) is 0 Å². The largest absolute Gasteiger partial charge is 0.478 e. The van der Waals surface area contributed by atoms with Crippen molar-refractivity contribution in [3.8, 4) is 11.1 Å². The molecule has 0 radical (unpaired) electrons. The summed E-state index contributed by atoms with van der Waals surface area (Å²) < 4.78 is 2.21. The summed E-state index contributed by atoms with van der Waals surface area (Å²) >= 11 is 0. The van der Waals surface area contributed by atoms with Gasteiger partial charge in [0.15, 0.2) is 5.69 Å². The minimum absolute atomic E-state index is 0.0987. The average molecular weight is 493 g/mol. The maximum atomic E-state index is 13.4. The van der Waals surface area contributed by atoms with E-state index in [-0.39, 0.29) is 30.1 Å². The number of hydrogen-bond donors (Lipinski definition) is 2. The number of hydrogen-bond acceptors (Lipinski definition) is 4. The van der Waals surface area contributed by atoms with Crippen molar-refractivity contribution in [2.75, 3.05) is 0 Å². The van der Waals surface area contributed by atoms with Gasteiger partial charge >= 0.3 is 17.6 Å². The van der Waals surface area contributed by atoms with Crippen LogP contribution in [0, 0.1) is 5.92 Å². The molecule has 1 heterocycles. The van der Waals surface area contributed by atoms with Crippen LogP contribution in [0.15, 0.2) is 53.3 Å². The summed E-state index contributed by atoms with van der Waals surface area (Å²) in [5.41, 5.74) is 1.64. The Hall–Kier alpha value is -3.94. The monoisotopic (exact) mass is 492 g/mol. The third-order valence-electron chi connectivity index (χ3n) is 6.16. The molecule has 0 aliphatic heterocycles. The van der Waals surface area contributed by atoms with E-state index in [1.807, 2.05) is 20.8 Å². The zero-order valence-electron chi connectivity index (χ0n) is 20.9. The van der Waals surface area contributed by atoms with Gasteiger partial charge in [-0.05, 0) is 47.9 Å². The maximum absolute atomic E-state index is 13.4. The molecule has 190 valence electrons.